The van der Waals surface area contributed by atoms with Crippen molar-refractivity contribution in [2.45, 2.75) is 51.9 Å². The van der Waals surface area contributed by atoms with E-state index in [4.69, 9.17) is 9.52 Å². The summed E-state index contributed by atoms with van der Waals surface area (Å²) in [5.74, 6) is -2.15. The number of aryl methyl sites for hydroxylation is 2. The Bertz CT molecular complexity index is 1770. The van der Waals surface area contributed by atoms with Gasteiger partial charge in [-0.2, -0.15) is 13.2 Å². The number of carboxylic acids is 1. The van der Waals surface area contributed by atoms with Crippen molar-refractivity contribution in [3.63, 3.8) is 0 Å². The molecule has 1 N–H and O–H groups in total. The minimum Gasteiger partial charge on any atom is -0.481 e. The number of hydrogen-bond acceptors (Lipinski definition) is 3. The second-order valence-corrected chi connectivity index (χ2v) is 10.9. The van der Waals surface area contributed by atoms with Gasteiger partial charge in [-0.25, -0.2) is 0 Å². The van der Waals surface area contributed by atoms with E-state index in [0.29, 0.717) is 12.0 Å². The maximum absolute atomic E-state index is 14.1. The van der Waals surface area contributed by atoms with Crippen molar-refractivity contribution in [1.82, 2.24) is 4.90 Å². The number of alkyl halides is 3. The first kappa shape index (κ1) is 30.6. The quantitative estimate of drug-likeness (QED) is 0.154. The van der Waals surface area contributed by atoms with Crippen LogP contribution in [0.1, 0.15) is 57.8 Å². The molecule has 1 amide bonds. The van der Waals surface area contributed by atoms with Gasteiger partial charge in [-0.1, -0.05) is 84.9 Å². The summed E-state index contributed by atoms with van der Waals surface area (Å²) in [7, 11) is 0. The molecule has 0 aliphatic rings. The zero-order valence-electron chi connectivity index (χ0n) is 24.2. The van der Waals surface area contributed by atoms with Crippen LogP contribution < -0.4 is 0 Å². The van der Waals surface area contributed by atoms with Crippen molar-refractivity contribution in [3.8, 4) is 11.1 Å². The number of nitrogens with zero attached hydrogens (tertiary/aromatic N) is 1. The second-order valence-electron chi connectivity index (χ2n) is 10.9. The molecule has 1 aromatic heterocycles. The van der Waals surface area contributed by atoms with E-state index >= 15 is 0 Å². The maximum Gasteiger partial charge on any atom is 0.449 e. The Morgan fingerprint density at radius 1 is 0.795 bits per heavy atom. The van der Waals surface area contributed by atoms with Crippen LogP contribution in [-0.4, -0.2) is 21.9 Å². The highest BCUT2D eigenvalue weighted by molar-refractivity contribution is 6.08. The molecule has 0 fully saturated rings. The summed E-state index contributed by atoms with van der Waals surface area (Å²) < 4.78 is 44.9. The number of amides is 1. The van der Waals surface area contributed by atoms with E-state index < -0.39 is 17.9 Å². The van der Waals surface area contributed by atoms with Crippen molar-refractivity contribution < 1.29 is 32.3 Å². The number of halogens is 3. The lowest BCUT2D eigenvalue weighted by molar-refractivity contribution is -0.153. The Morgan fingerprint density at radius 2 is 1.57 bits per heavy atom. The molecule has 8 heteroatoms. The van der Waals surface area contributed by atoms with Gasteiger partial charge in [0.2, 0.25) is 5.76 Å². The molecule has 0 bridgehead atoms. The predicted octanol–water partition coefficient (Wildman–Crippen LogP) is 9.07. The number of hydrogen-bond donors (Lipinski definition) is 1. The van der Waals surface area contributed by atoms with Gasteiger partial charge in [0.25, 0.3) is 5.91 Å². The van der Waals surface area contributed by atoms with Crippen molar-refractivity contribution in [2.75, 3.05) is 0 Å². The topological polar surface area (TPSA) is 70.8 Å². The molecule has 5 rings (SSSR count). The summed E-state index contributed by atoms with van der Waals surface area (Å²) in [6.07, 6.45) is -2.27. The number of carbonyl (C=O) groups excluding carboxylic acids is 1. The van der Waals surface area contributed by atoms with Crippen LogP contribution in [0.3, 0.4) is 0 Å². The molecule has 4 aromatic carbocycles. The smallest absolute Gasteiger partial charge is 0.449 e. The molecule has 0 atom stereocenters. The van der Waals surface area contributed by atoms with Crippen LogP contribution in [-0.2, 0) is 30.5 Å². The SMILES string of the molecule is Cc1ccc2ccccc2c1C(=O)N(Cc1ccc(-c2cccc(CCCCC(=O)O)c2)cc1)Cc1ccc(C(F)(F)F)o1. The van der Waals surface area contributed by atoms with Gasteiger partial charge in [0.15, 0.2) is 0 Å². The molecule has 0 saturated carbocycles. The summed E-state index contributed by atoms with van der Waals surface area (Å²) in [5.41, 5.74) is 5.20. The number of carboxylic acid groups (broad SMARTS) is 1. The van der Waals surface area contributed by atoms with Crippen molar-refractivity contribution >= 4 is 22.6 Å². The lowest BCUT2D eigenvalue weighted by atomic mass is 9.98. The Hall–Kier alpha value is -4.85. The second kappa shape index (κ2) is 13.2. The monoisotopic (exact) mass is 599 g/mol. The van der Waals surface area contributed by atoms with Crippen LogP contribution >= 0.6 is 0 Å². The van der Waals surface area contributed by atoms with E-state index in [9.17, 15) is 22.8 Å². The number of furan rings is 1. The number of fused-ring (bicyclic) bond motifs is 1. The van der Waals surface area contributed by atoms with Crippen LogP contribution in [0.4, 0.5) is 13.2 Å². The zero-order valence-corrected chi connectivity index (χ0v) is 24.2. The molecule has 44 heavy (non-hydrogen) atoms. The third-order valence-electron chi connectivity index (χ3n) is 7.62. The Labute approximate surface area is 253 Å². The highest BCUT2D eigenvalue weighted by Crippen LogP contribution is 2.32. The minimum atomic E-state index is -4.62. The van der Waals surface area contributed by atoms with Crippen LogP contribution in [0.2, 0.25) is 0 Å². The Balaban J connectivity index is 1.40. The van der Waals surface area contributed by atoms with E-state index in [2.05, 4.69) is 6.07 Å². The largest absolute Gasteiger partial charge is 0.481 e. The van der Waals surface area contributed by atoms with Gasteiger partial charge in [0, 0.05) is 13.0 Å². The third kappa shape index (κ3) is 7.37. The van der Waals surface area contributed by atoms with E-state index in [1.807, 2.05) is 85.8 Å². The number of aliphatic carboxylic acids is 1. The average Bonchev–Trinajstić information content (AvgIpc) is 3.49. The normalized spacial score (nSPS) is 11.5. The minimum absolute atomic E-state index is 0.0420. The lowest BCUT2D eigenvalue weighted by Gasteiger charge is -2.24. The Morgan fingerprint density at radius 3 is 2.30 bits per heavy atom. The first-order valence-electron chi connectivity index (χ1n) is 14.4. The van der Waals surface area contributed by atoms with Crippen molar-refractivity contribution in [1.29, 1.82) is 0 Å². The highest BCUT2D eigenvalue weighted by Gasteiger charge is 2.35. The maximum atomic E-state index is 14.1. The van der Waals surface area contributed by atoms with E-state index in [0.717, 1.165) is 57.5 Å². The van der Waals surface area contributed by atoms with Gasteiger partial charge in [0.05, 0.1) is 12.1 Å². The molecule has 0 radical (unpaired) electrons. The molecule has 0 aliphatic heterocycles. The van der Waals surface area contributed by atoms with Crippen molar-refractivity contribution in [3.05, 3.63) is 131 Å². The number of benzene rings is 4. The summed E-state index contributed by atoms with van der Waals surface area (Å²) in [6, 6.07) is 29.3. The van der Waals surface area contributed by atoms with Gasteiger partial charge in [-0.3, -0.25) is 9.59 Å². The fraction of sp³-hybridized carbons (Fsp3) is 0.222. The molecule has 0 saturated heterocycles. The van der Waals surface area contributed by atoms with E-state index in [-0.39, 0.29) is 31.2 Å². The molecule has 226 valence electrons. The molecule has 0 aliphatic carbocycles. The zero-order chi connectivity index (χ0) is 31.3. The van der Waals surface area contributed by atoms with E-state index in [1.54, 1.807) is 0 Å². The van der Waals surface area contributed by atoms with Gasteiger partial charge in [-0.05, 0) is 76.9 Å². The fourth-order valence-corrected chi connectivity index (χ4v) is 5.36. The molecular weight excluding hydrogens is 567 g/mol. The average molecular weight is 600 g/mol. The molecular formula is C36H32F3NO4. The molecule has 5 nitrogen and oxygen atoms in total. The van der Waals surface area contributed by atoms with E-state index in [1.165, 1.54) is 11.0 Å². The molecule has 0 unspecified atom stereocenters. The van der Waals surface area contributed by atoms with Crippen LogP contribution in [0.15, 0.2) is 101 Å². The summed E-state index contributed by atoms with van der Waals surface area (Å²) in [4.78, 5) is 26.4. The number of rotatable bonds is 11. The first-order valence-corrected chi connectivity index (χ1v) is 14.4. The summed E-state index contributed by atoms with van der Waals surface area (Å²) >= 11 is 0. The van der Waals surface area contributed by atoms with Gasteiger partial charge < -0.3 is 14.4 Å². The van der Waals surface area contributed by atoms with Gasteiger partial charge in [0.1, 0.15) is 5.76 Å². The first-order chi connectivity index (χ1) is 21.1. The summed E-state index contributed by atoms with van der Waals surface area (Å²) in [5, 5.41) is 10.5. The summed E-state index contributed by atoms with van der Waals surface area (Å²) in [6.45, 7) is 1.87. The van der Waals surface area contributed by atoms with Crippen LogP contribution in [0.5, 0.6) is 0 Å². The molecule has 0 spiro atoms. The molecule has 1 heterocycles. The number of carbonyl (C=O) groups is 2. The molecule has 5 aromatic rings. The Kier molecular flexibility index (Phi) is 9.18. The predicted molar refractivity (Wildman–Crippen MR) is 163 cm³/mol. The highest BCUT2D eigenvalue weighted by atomic mass is 19.4. The van der Waals surface area contributed by atoms with Crippen LogP contribution in [0, 0.1) is 6.92 Å². The number of unbranched alkanes of at least 4 members (excludes halogenated alkanes) is 1. The van der Waals surface area contributed by atoms with Crippen LogP contribution in [0.25, 0.3) is 21.9 Å². The fourth-order valence-electron chi connectivity index (χ4n) is 5.36. The standard InChI is InChI=1S/C36H32F3NO4/c1-24-13-16-28-9-3-4-11-31(28)34(24)35(43)40(23-30-19-20-32(44-30)36(37,38)39)22-26-14-17-27(18-15-26)29-10-6-8-25(21-29)7-2-5-12-33(41)42/h3-4,6,8-11,13-21H,2,5,7,12,22-23H2,1H3,(H,41,42). The van der Waals surface area contributed by atoms with Gasteiger partial charge >= 0.3 is 12.1 Å². The van der Waals surface area contributed by atoms with Gasteiger partial charge in [-0.15, -0.1) is 0 Å². The lowest BCUT2D eigenvalue weighted by Crippen LogP contribution is -2.30. The third-order valence-corrected chi connectivity index (χ3v) is 7.62. The van der Waals surface area contributed by atoms with Crippen molar-refractivity contribution in [2.24, 2.45) is 0 Å².